The highest BCUT2D eigenvalue weighted by molar-refractivity contribution is 6.18. The van der Waals surface area contributed by atoms with Crippen LogP contribution in [0.1, 0.15) is 6.92 Å². The van der Waals surface area contributed by atoms with Crippen LogP contribution in [0.15, 0.2) is 0 Å². The number of rotatable bonds is 8. The molecule has 1 fully saturated rings. The zero-order chi connectivity index (χ0) is 13.5. The van der Waals surface area contributed by atoms with Crippen LogP contribution in [-0.4, -0.2) is 77.7 Å². The maximum atomic E-state index is 9.89. The van der Waals surface area contributed by atoms with Crippen LogP contribution >= 0.6 is 23.2 Å². The third-order valence-electron chi connectivity index (χ3n) is 2.89. The van der Waals surface area contributed by atoms with E-state index >= 15 is 0 Å². The number of aliphatic hydroxyl groups is 2. The number of aliphatic hydroxyl groups excluding tert-OH is 2. The Balaban J connectivity index is 2.50. The predicted octanol–water partition coefficient (Wildman–Crippen LogP) is 0.249. The van der Waals surface area contributed by atoms with Gasteiger partial charge in [0.1, 0.15) is 18.3 Å². The molecular formula is C11H21Cl2NO4. The van der Waals surface area contributed by atoms with Crippen LogP contribution in [0.5, 0.6) is 0 Å². The highest BCUT2D eigenvalue weighted by Gasteiger charge is 2.43. The van der Waals surface area contributed by atoms with E-state index in [1.807, 2.05) is 11.8 Å². The Hall–Kier alpha value is 0.380. The minimum atomic E-state index is -1.01. The van der Waals surface area contributed by atoms with Gasteiger partial charge in [0.25, 0.3) is 0 Å². The van der Waals surface area contributed by atoms with Crippen LogP contribution in [0.4, 0.5) is 0 Å². The molecule has 1 aliphatic heterocycles. The maximum Gasteiger partial charge on any atom is 0.186 e. The zero-order valence-corrected chi connectivity index (χ0v) is 12.0. The van der Waals surface area contributed by atoms with E-state index in [1.165, 1.54) is 0 Å². The molecule has 1 unspecified atom stereocenters. The molecule has 2 N–H and O–H groups in total. The maximum absolute atomic E-state index is 9.89. The molecule has 0 aliphatic carbocycles. The van der Waals surface area contributed by atoms with Gasteiger partial charge in [-0.2, -0.15) is 0 Å². The summed E-state index contributed by atoms with van der Waals surface area (Å²) < 4.78 is 10.7. The topological polar surface area (TPSA) is 62.2 Å². The molecule has 7 heteroatoms. The van der Waals surface area contributed by atoms with Crippen molar-refractivity contribution >= 4 is 23.2 Å². The van der Waals surface area contributed by atoms with Gasteiger partial charge in [-0.05, 0) is 6.92 Å². The van der Waals surface area contributed by atoms with Gasteiger partial charge < -0.3 is 19.7 Å². The van der Waals surface area contributed by atoms with Crippen LogP contribution in [0.3, 0.4) is 0 Å². The minimum Gasteiger partial charge on any atom is -0.387 e. The quantitative estimate of drug-likeness (QED) is 0.629. The fourth-order valence-corrected chi connectivity index (χ4v) is 2.43. The first kappa shape index (κ1) is 16.4. The van der Waals surface area contributed by atoms with E-state index in [2.05, 4.69) is 0 Å². The molecule has 1 rings (SSSR count). The number of hydrogen-bond donors (Lipinski definition) is 2. The number of alkyl halides is 2. The Morgan fingerprint density at radius 2 is 1.78 bits per heavy atom. The van der Waals surface area contributed by atoms with Gasteiger partial charge in [0.05, 0.1) is 0 Å². The molecule has 0 aromatic heterocycles. The van der Waals surface area contributed by atoms with Crippen LogP contribution < -0.4 is 0 Å². The van der Waals surface area contributed by atoms with Gasteiger partial charge in [0.2, 0.25) is 0 Å². The average molecular weight is 302 g/mol. The number of nitrogens with zero attached hydrogens (tertiary/aromatic N) is 1. The van der Waals surface area contributed by atoms with Gasteiger partial charge in [0, 0.05) is 38.0 Å². The Morgan fingerprint density at radius 1 is 1.17 bits per heavy atom. The Kier molecular flexibility index (Phi) is 7.79. The van der Waals surface area contributed by atoms with E-state index in [1.54, 1.807) is 0 Å². The van der Waals surface area contributed by atoms with Gasteiger partial charge in [-0.3, -0.25) is 4.90 Å². The largest absolute Gasteiger partial charge is 0.387 e. The summed E-state index contributed by atoms with van der Waals surface area (Å²) in [5.74, 6) is 0.967. The second kappa shape index (κ2) is 8.53. The number of hydrogen-bond acceptors (Lipinski definition) is 5. The lowest BCUT2D eigenvalue weighted by atomic mass is 10.1. The molecule has 5 nitrogen and oxygen atoms in total. The van der Waals surface area contributed by atoms with Crippen molar-refractivity contribution in [2.75, 3.05) is 38.0 Å². The van der Waals surface area contributed by atoms with Crippen LogP contribution in [-0.2, 0) is 9.47 Å². The molecule has 1 aliphatic rings. The highest BCUT2D eigenvalue weighted by Crippen LogP contribution is 2.23. The van der Waals surface area contributed by atoms with E-state index in [4.69, 9.17) is 32.7 Å². The third-order valence-corrected chi connectivity index (χ3v) is 3.23. The van der Waals surface area contributed by atoms with Gasteiger partial charge >= 0.3 is 0 Å². The van der Waals surface area contributed by atoms with Crippen molar-refractivity contribution in [1.82, 2.24) is 4.90 Å². The molecule has 0 spiro atoms. The second-order valence-electron chi connectivity index (χ2n) is 4.16. The molecule has 0 aromatic rings. The van der Waals surface area contributed by atoms with E-state index in [9.17, 15) is 10.2 Å². The molecule has 1 heterocycles. The summed E-state index contributed by atoms with van der Waals surface area (Å²) in [6.07, 6.45) is -3.20. The average Bonchev–Trinajstić information content (AvgIpc) is 2.59. The van der Waals surface area contributed by atoms with Gasteiger partial charge in [-0.1, -0.05) is 0 Å². The summed E-state index contributed by atoms with van der Waals surface area (Å²) in [5, 5.41) is 19.7. The molecule has 0 bridgehead atoms. The molecule has 18 heavy (non-hydrogen) atoms. The summed E-state index contributed by atoms with van der Waals surface area (Å²) in [6.45, 7) is 4.03. The molecule has 0 saturated carbocycles. The summed E-state index contributed by atoms with van der Waals surface area (Å²) in [4.78, 5) is 1.99. The molecule has 0 amide bonds. The van der Waals surface area contributed by atoms with Crippen LogP contribution in [0, 0.1) is 0 Å². The monoisotopic (exact) mass is 301 g/mol. The third kappa shape index (κ3) is 4.49. The van der Waals surface area contributed by atoms with E-state index in [-0.39, 0.29) is 0 Å². The molecule has 0 radical (unpaired) electrons. The highest BCUT2D eigenvalue weighted by atomic mass is 35.5. The van der Waals surface area contributed by atoms with Crippen molar-refractivity contribution in [3.63, 3.8) is 0 Å². The van der Waals surface area contributed by atoms with Crippen molar-refractivity contribution in [2.24, 2.45) is 0 Å². The molecule has 108 valence electrons. The summed E-state index contributed by atoms with van der Waals surface area (Å²) >= 11 is 11.4. The van der Waals surface area contributed by atoms with E-state index in [0.29, 0.717) is 38.0 Å². The molecule has 1 saturated heterocycles. The first-order chi connectivity index (χ1) is 8.63. The Morgan fingerprint density at radius 3 is 2.28 bits per heavy atom. The zero-order valence-electron chi connectivity index (χ0n) is 10.5. The lowest BCUT2D eigenvalue weighted by Crippen LogP contribution is -2.41. The van der Waals surface area contributed by atoms with Gasteiger partial charge in [-0.25, -0.2) is 0 Å². The number of halogens is 2. The van der Waals surface area contributed by atoms with Crippen LogP contribution in [0.2, 0.25) is 0 Å². The van der Waals surface area contributed by atoms with Crippen molar-refractivity contribution < 1.29 is 19.7 Å². The van der Waals surface area contributed by atoms with Crippen LogP contribution in [0.25, 0.3) is 0 Å². The first-order valence-corrected chi connectivity index (χ1v) is 7.18. The number of ether oxygens (including phenoxy) is 2. The molecular weight excluding hydrogens is 281 g/mol. The fourth-order valence-electron chi connectivity index (χ4n) is 1.96. The normalized spacial score (nSPS) is 32.3. The summed E-state index contributed by atoms with van der Waals surface area (Å²) in [7, 11) is 0. The van der Waals surface area contributed by atoms with Gasteiger partial charge in [0.15, 0.2) is 6.29 Å². The first-order valence-electron chi connectivity index (χ1n) is 6.11. The fraction of sp³-hybridized carbons (Fsp3) is 1.00. The molecule has 4 atom stereocenters. The Labute approximate surface area is 118 Å². The summed E-state index contributed by atoms with van der Waals surface area (Å²) in [6, 6.07) is 0. The van der Waals surface area contributed by atoms with Crippen molar-refractivity contribution in [3.8, 4) is 0 Å². The lowest BCUT2D eigenvalue weighted by Gasteiger charge is -2.25. The van der Waals surface area contributed by atoms with Crippen molar-refractivity contribution in [2.45, 2.75) is 31.5 Å². The lowest BCUT2D eigenvalue weighted by molar-refractivity contribution is -0.164. The van der Waals surface area contributed by atoms with Crippen molar-refractivity contribution in [1.29, 1.82) is 0 Å². The van der Waals surface area contributed by atoms with Gasteiger partial charge in [-0.15, -0.1) is 23.2 Å². The SMILES string of the molecule is CCOC1O[C@H](CN(CCCl)CCCl)[C@@H](O)[C@H]1O. The molecule has 0 aromatic carbocycles. The Bertz CT molecular complexity index is 229. The standard InChI is InChI=1S/C11H21Cl2NO4/c1-2-17-11-10(16)9(15)8(18-11)7-14(5-3-12)6-4-13/h8-11,15-16H,2-7H2,1H3/t8-,9-,10-,11?/m1/s1. The van der Waals surface area contributed by atoms with Crippen molar-refractivity contribution in [3.05, 3.63) is 0 Å². The second-order valence-corrected chi connectivity index (χ2v) is 4.91. The summed E-state index contributed by atoms with van der Waals surface area (Å²) in [5.41, 5.74) is 0. The van der Waals surface area contributed by atoms with E-state index in [0.717, 1.165) is 0 Å². The smallest absolute Gasteiger partial charge is 0.186 e. The van der Waals surface area contributed by atoms with E-state index < -0.39 is 24.6 Å². The predicted molar refractivity (Wildman–Crippen MR) is 70.2 cm³/mol. The minimum absolute atomic E-state index is 0.425.